The number of hydrogen-bond donors (Lipinski definition) is 0. The summed E-state index contributed by atoms with van der Waals surface area (Å²) in [6.45, 7) is 10.8. The molecule has 41 heavy (non-hydrogen) atoms. The first kappa shape index (κ1) is 30.8. The average molecular weight is 581 g/mol. The molecule has 0 saturated carbocycles. The largest absolute Gasteiger partial charge is 0.443 e. The van der Waals surface area contributed by atoms with Gasteiger partial charge in [-0.25, -0.2) is 24.5 Å². The van der Waals surface area contributed by atoms with Gasteiger partial charge in [-0.1, -0.05) is 21.4 Å². The molecule has 1 aromatic rings. The smallest absolute Gasteiger partial charge is 0.419 e. The topological polar surface area (TPSA) is 111 Å². The van der Waals surface area contributed by atoms with E-state index in [1.165, 1.54) is 5.57 Å². The third kappa shape index (κ3) is 7.37. The van der Waals surface area contributed by atoms with E-state index in [0.717, 1.165) is 65.8 Å². The van der Waals surface area contributed by atoms with Crippen molar-refractivity contribution >= 4 is 39.4 Å². The Morgan fingerprint density at radius 3 is 2.41 bits per heavy atom. The van der Waals surface area contributed by atoms with E-state index in [1.54, 1.807) is 47.7 Å². The lowest BCUT2D eigenvalue weighted by molar-refractivity contribution is 0.00120. The number of carbonyl (C=O) groups is 3. The molecule has 3 atom stereocenters. The molecule has 220 valence electrons. The van der Waals surface area contributed by atoms with Gasteiger partial charge in [0.15, 0.2) is 12.1 Å². The Labute approximate surface area is 244 Å². The number of imide groups is 1. The minimum absolute atomic E-state index is 0.152. The van der Waals surface area contributed by atoms with E-state index in [0.29, 0.717) is 12.0 Å². The van der Waals surface area contributed by atoms with Gasteiger partial charge >= 0.3 is 12.2 Å². The zero-order valence-corrected chi connectivity index (χ0v) is 26.1. The lowest BCUT2D eigenvalue weighted by Gasteiger charge is -2.29. The Morgan fingerprint density at radius 2 is 1.78 bits per heavy atom. The van der Waals surface area contributed by atoms with Gasteiger partial charge in [0.2, 0.25) is 0 Å². The molecule has 1 spiro atoms. The standard InChI is InChI=1S/C31H41N4O5P/c1-29(2,3)39-27(37)35(28(38)40-30(4,5)6)12-10-8-7-9-11-20-14-23-25(33-17-20)34-26(41)31(23)15-22-13-21(19-36)18-32-24(22)16-31/h9,11,13,17-20H,7-8,10,12,14-16,41H2,1-6H3/b11-9+. The summed E-state index contributed by atoms with van der Waals surface area (Å²) in [6.07, 6.45) is 11.9. The predicted octanol–water partition coefficient (Wildman–Crippen LogP) is 6.47. The van der Waals surface area contributed by atoms with E-state index >= 15 is 0 Å². The van der Waals surface area contributed by atoms with Crippen molar-refractivity contribution in [3.05, 3.63) is 52.6 Å². The summed E-state index contributed by atoms with van der Waals surface area (Å²) in [4.78, 5) is 51.7. The number of pyridine rings is 1. The minimum atomic E-state index is -0.715. The molecule has 3 aliphatic rings. The fourth-order valence-corrected chi connectivity index (χ4v) is 5.82. The van der Waals surface area contributed by atoms with Crippen molar-refractivity contribution in [3.8, 4) is 0 Å². The van der Waals surface area contributed by atoms with Gasteiger partial charge in [0.1, 0.15) is 11.2 Å². The van der Waals surface area contributed by atoms with Gasteiger partial charge in [-0.3, -0.25) is 9.78 Å². The van der Waals surface area contributed by atoms with Crippen LogP contribution in [0.25, 0.3) is 0 Å². The number of aliphatic imine (C=N–C) groups is 2. The summed E-state index contributed by atoms with van der Waals surface area (Å²) in [5.41, 5.74) is 3.26. The van der Waals surface area contributed by atoms with Gasteiger partial charge in [0, 0.05) is 53.4 Å². The van der Waals surface area contributed by atoms with Gasteiger partial charge in [-0.05, 0) is 90.8 Å². The van der Waals surface area contributed by atoms with Crippen molar-refractivity contribution in [1.82, 2.24) is 9.88 Å². The molecule has 1 aromatic heterocycles. The third-order valence-electron chi connectivity index (χ3n) is 7.18. The predicted molar refractivity (Wildman–Crippen MR) is 162 cm³/mol. The van der Waals surface area contributed by atoms with Crippen molar-refractivity contribution in [3.63, 3.8) is 0 Å². The average Bonchev–Trinajstić information content (AvgIpc) is 3.38. The lowest BCUT2D eigenvalue weighted by atomic mass is 9.75. The number of ether oxygens (including phenoxy) is 2. The first-order valence-corrected chi connectivity index (χ1v) is 14.7. The zero-order valence-electron chi connectivity index (χ0n) is 24.9. The molecular weight excluding hydrogens is 539 g/mol. The molecule has 1 aliphatic carbocycles. The molecule has 0 N–H and O–H groups in total. The molecule has 0 aromatic carbocycles. The molecule has 3 heterocycles. The number of carbonyl (C=O) groups excluding carboxylic acids is 3. The van der Waals surface area contributed by atoms with Gasteiger partial charge in [0.05, 0.1) is 0 Å². The van der Waals surface area contributed by atoms with Crippen LogP contribution in [0.2, 0.25) is 0 Å². The highest BCUT2D eigenvalue weighted by atomic mass is 31.0. The Bertz CT molecular complexity index is 1310. The van der Waals surface area contributed by atoms with E-state index in [1.807, 2.05) is 12.3 Å². The second-order valence-electron chi connectivity index (χ2n) is 12.9. The Balaban J connectivity index is 1.31. The molecule has 0 saturated heterocycles. The number of hydrogen-bond acceptors (Lipinski definition) is 8. The maximum atomic E-state index is 12.7. The van der Waals surface area contributed by atoms with E-state index in [2.05, 4.69) is 26.4 Å². The van der Waals surface area contributed by atoms with Crippen LogP contribution in [-0.2, 0) is 22.3 Å². The quantitative estimate of drug-likeness (QED) is 0.158. The number of aromatic nitrogens is 1. The number of amides is 2. The monoisotopic (exact) mass is 580 g/mol. The molecule has 0 bridgehead atoms. The molecule has 10 heteroatoms. The molecule has 0 fully saturated rings. The van der Waals surface area contributed by atoms with Gasteiger partial charge in [0.25, 0.3) is 0 Å². The van der Waals surface area contributed by atoms with Crippen LogP contribution in [0.1, 0.15) is 88.8 Å². The van der Waals surface area contributed by atoms with Crippen LogP contribution in [0.4, 0.5) is 9.59 Å². The maximum absolute atomic E-state index is 12.7. The van der Waals surface area contributed by atoms with E-state index in [-0.39, 0.29) is 17.9 Å². The van der Waals surface area contributed by atoms with Crippen molar-refractivity contribution in [1.29, 1.82) is 0 Å². The highest BCUT2D eigenvalue weighted by Crippen LogP contribution is 2.52. The normalized spacial score (nSPS) is 21.6. The second-order valence-corrected chi connectivity index (χ2v) is 13.5. The number of unbranched alkanes of at least 4 members (excludes halogenated alkanes) is 2. The summed E-state index contributed by atoms with van der Waals surface area (Å²) in [6, 6.07) is 1.94. The van der Waals surface area contributed by atoms with Crippen LogP contribution in [0.5, 0.6) is 0 Å². The number of aldehydes is 1. The van der Waals surface area contributed by atoms with Crippen molar-refractivity contribution in [2.75, 3.05) is 6.54 Å². The van der Waals surface area contributed by atoms with E-state index in [4.69, 9.17) is 19.5 Å². The zero-order chi connectivity index (χ0) is 30.0. The SMILES string of the molecule is CC(C)(C)OC(=O)N(CCCC/C=C/C1C=NC2=C(C1)C1(Cc3cc(C=O)cnc3C1)C(P)=N2)C(=O)OC(C)(C)C. The Morgan fingerprint density at radius 1 is 1.10 bits per heavy atom. The van der Waals surface area contributed by atoms with Crippen molar-refractivity contribution < 1.29 is 23.9 Å². The Hall–Kier alpha value is -3.19. The summed E-state index contributed by atoms with van der Waals surface area (Å²) < 4.78 is 10.9. The van der Waals surface area contributed by atoms with Crippen LogP contribution in [-0.4, -0.2) is 57.8 Å². The number of allylic oxidation sites excluding steroid dienone is 3. The summed E-state index contributed by atoms with van der Waals surface area (Å²) in [5.74, 6) is 0.950. The van der Waals surface area contributed by atoms with Crippen molar-refractivity contribution in [2.45, 2.75) is 91.3 Å². The molecule has 0 radical (unpaired) electrons. The first-order valence-electron chi connectivity index (χ1n) is 14.2. The third-order valence-corrected chi connectivity index (χ3v) is 7.87. The minimum Gasteiger partial charge on any atom is -0.443 e. The summed E-state index contributed by atoms with van der Waals surface area (Å²) in [7, 11) is 2.81. The molecule has 9 nitrogen and oxygen atoms in total. The van der Waals surface area contributed by atoms with E-state index < -0.39 is 23.4 Å². The van der Waals surface area contributed by atoms with Crippen LogP contribution in [0.15, 0.2) is 45.8 Å². The van der Waals surface area contributed by atoms with Gasteiger partial charge < -0.3 is 9.47 Å². The number of rotatable bonds is 7. The molecule has 2 aliphatic heterocycles. The molecule has 2 amide bonds. The van der Waals surface area contributed by atoms with Crippen LogP contribution >= 0.6 is 9.24 Å². The first-order chi connectivity index (χ1) is 19.2. The van der Waals surface area contributed by atoms with Gasteiger partial charge in [-0.2, -0.15) is 0 Å². The molecule has 3 unspecified atom stereocenters. The van der Waals surface area contributed by atoms with Crippen molar-refractivity contribution in [2.24, 2.45) is 21.3 Å². The second kappa shape index (κ2) is 12.0. The highest BCUT2D eigenvalue weighted by molar-refractivity contribution is 7.41. The van der Waals surface area contributed by atoms with Crippen LogP contribution in [0.3, 0.4) is 0 Å². The summed E-state index contributed by atoms with van der Waals surface area (Å²) in [5, 5.41) is 0. The van der Waals surface area contributed by atoms with Crippen LogP contribution in [0, 0.1) is 11.3 Å². The van der Waals surface area contributed by atoms with Crippen LogP contribution < -0.4 is 0 Å². The number of nitrogens with zero attached hydrogens (tertiary/aromatic N) is 4. The number of fused-ring (bicyclic) bond motifs is 2. The maximum Gasteiger partial charge on any atom is 0.419 e. The molecule has 4 rings (SSSR count). The highest BCUT2D eigenvalue weighted by Gasteiger charge is 2.49. The summed E-state index contributed by atoms with van der Waals surface area (Å²) >= 11 is 0. The lowest BCUT2D eigenvalue weighted by Crippen LogP contribution is -2.44. The molecular formula is C31H41N4O5P. The fraction of sp³-hybridized carbons (Fsp3) is 0.548. The Kier molecular flexibility index (Phi) is 8.98. The fourth-order valence-electron chi connectivity index (χ4n) is 5.32. The van der Waals surface area contributed by atoms with Gasteiger partial charge in [-0.15, -0.1) is 0 Å². The van der Waals surface area contributed by atoms with E-state index in [9.17, 15) is 14.4 Å².